The molecule has 0 spiro atoms. The van der Waals surface area contributed by atoms with Crippen LogP contribution < -0.4 is 0 Å². The summed E-state index contributed by atoms with van der Waals surface area (Å²) in [6.07, 6.45) is 0. The molecule has 2 nitrogen and oxygen atoms in total. The van der Waals surface area contributed by atoms with Gasteiger partial charge in [-0.3, -0.25) is 0 Å². The highest BCUT2D eigenvalue weighted by molar-refractivity contribution is 6.38. The first kappa shape index (κ1) is 16.6. The predicted octanol–water partition coefficient (Wildman–Crippen LogP) is 6.04. The minimum atomic E-state index is -0.719. The molecule has 0 radical (unpaired) electrons. The van der Waals surface area contributed by atoms with Crippen LogP contribution in [0.15, 0.2) is 24.3 Å². The maximum atomic E-state index is 9.55. The quantitative estimate of drug-likeness (QED) is 0.681. The number of benzene rings is 2. The second-order valence-corrected chi connectivity index (χ2v) is 6.82. The van der Waals surface area contributed by atoms with E-state index in [2.05, 4.69) is 0 Å². The summed E-state index contributed by atoms with van der Waals surface area (Å²) in [5.41, 5.74) is 0.472. The number of halogens is 4. The normalized spacial score (nSPS) is 11.7. The zero-order valence-corrected chi connectivity index (χ0v) is 14.2. The number of hydrogen-bond donors (Lipinski definition) is 2. The number of aromatic hydroxyl groups is 2. The van der Waals surface area contributed by atoms with E-state index in [0.717, 1.165) is 0 Å². The molecule has 0 unspecified atom stereocenters. The van der Waals surface area contributed by atoms with Crippen LogP contribution in [-0.4, -0.2) is 10.2 Å². The first-order valence-electron chi connectivity index (χ1n) is 6.01. The van der Waals surface area contributed by atoms with Crippen LogP contribution in [0.4, 0.5) is 0 Å². The van der Waals surface area contributed by atoms with Crippen LogP contribution in [0.2, 0.25) is 20.1 Å². The van der Waals surface area contributed by atoms with E-state index in [-0.39, 0.29) is 11.5 Å². The molecule has 0 saturated heterocycles. The van der Waals surface area contributed by atoms with Crippen molar-refractivity contribution in [3.05, 3.63) is 55.5 Å². The summed E-state index contributed by atoms with van der Waals surface area (Å²) in [4.78, 5) is 0. The van der Waals surface area contributed by atoms with Gasteiger partial charge in [-0.2, -0.15) is 0 Å². The Morgan fingerprint density at radius 2 is 0.905 bits per heavy atom. The second-order valence-electron chi connectivity index (χ2n) is 5.19. The van der Waals surface area contributed by atoms with E-state index in [1.54, 1.807) is 0 Å². The fraction of sp³-hybridized carbons (Fsp3) is 0.200. The molecule has 2 rings (SSSR count). The summed E-state index contributed by atoms with van der Waals surface area (Å²) in [5, 5.41) is 20.3. The molecule has 0 aliphatic rings. The van der Waals surface area contributed by atoms with E-state index in [4.69, 9.17) is 46.4 Å². The average molecular weight is 366 g/mol. The van der Waals surface area contributed by atoms with Crippen molar-refractivity contribution in [3.8, 4) is 11.5 Å². The summed E-state index contributed by atoms with van der Waals surface area (Å²) >= 11 is 24.9. The third-order valence-electron chi connectivity index (χ3n) is 3.30. The first-order chi connectivity index (χ1) is 9.64. The number of phenolic OH excluding ortho intramolecular Hbond substituents is 2. The van der Waals surface area contributed by atoms with E-state index >= 15 is 0 Å². The largest absolute Gasteiger partial charge is 0.508 e. The van der Waals surface area contributed by atoms with Gasteiger partial charge in [0.15, 0.2) is 0 Å². The van der Waals surface area contributed by atoms with Gasteiger partial charge in [-0.25, -0.2) is 0 Å². The van der Waals surface area contributed by atoms with Gasteiger partial charge in [-0.05, 0) is 35.4 Å². The third-order valence-corrected chi connectivity index (χ3v) is 4.50. The molecular weight excluding hydrogens is 354 g/mol. The lowest BCUT2D eigenvalue weighted by atomic mass is 9.78. The molecule has 0 atom stereocenters. The Hall–Kier alpha value is -0.800. The number of phenols is 2. The van der Waals surface area contributed by atoms with E-state index in [1.807, 2.05) is 13.8 Å². The van der Waals surface area contributed by atoms with Gasteiger partial charge in [0.2, 0.25) is 0 Å². The molecule has 21 heavy (non-hydrogen) atoms. The van der Waals surface area contributed by atoms with Crippen LogP contribution in [0.5, 0.6) is 11.5 Å². The molecule has 6 heteroatoms. The topological polar surface area (TPSA) is 40.5 Å². The van der Waals surface area contributed by atoms with Gasteiger partial charge in [-0.15, -0.1) is 0 Å². The summed E-state index contributed by atoms with van der Waals surface area (Å²) in [6, 6.07) is 5.64. The van der Waals surface area contributed by atoms with Gasteiger partial charge in [0.25, 0.3) is 0 Å². The second kappa shape index (κ2) is 5.77. The zero-order chi connectivity index (χ0) is 15.9. The molecule has 112 valence electrons. The molecule has 2 aromatic carbocycles. The lowest BCUT2D eigenvalue weighted by Gasteiger charge is -2.30. The standard InChI is InChI=1S/C15H12Cl4O2/c1-15(2,13-9(16)3-7(20)4-10(13)17)14-11(18)5-8(21)6-12(14)19/h3-6,20-21H,1-2H3. The minimum Gasteiger partial charge on any atom is -0.508 e. The summed E-state index contributed by atoms with van der Waals surface area (Å²) < 4.78 is 0. The van der Waals surface area contributed by atoms with E-state index in [9.17, 15) is 10.2 Å². The Labute approximate surface area is 142 Å². The predicted molar refractivity (Wildman–Crippen MR) is 88.4 cm³/mol. The van der Waals surface area contributed by atoms with Crippen LogP contribution in [-0.2, 0) is 5.41 Å². The van der Waals surface area contributed by atoms with Crippen LogP contribution in [0.3, 0.4) is 0 Å². The van der Waals surface area contributed by atoms with E-state index in [1.165, 1.54) is 24.3 Å². The Kier molecular flexibility index (Phi) is 4.55. The van der Waals surface area contributed by atoms with Crippen molar-refractivity contribution in [2.24, 2.45) is 0 Å². The molecule has 0 aliphatic carbocycles. The smallest absolute Gasteiger partial charge is 0.118 e. The number of hydrogen-bond acceptors (Lipinski definition) is 2. The summed E-state index contributed by atoms with van der Waals surface area (Å²) in [5.74, 6) is -0.0418. The van der Waals surface area contributed by atoms with Crippen molar-refractivity contribution in [1.82, 2.24) is 0 Å². The van der Waals surface area contributed by atoms with E-state index < -0.39 is 5.41 Å². The van der Waals surface area contributed by atoms with Gasteiger partial charge >= 0.3 is 0 Å². The third kappa shape index (κ3) is 3.04. The SMILES string of the molecule is CC(C)(c1c(Cl)cc(O)cc1Cl)c1c(Cl)cc(O)cc1Cl. The van der Waals surface area contributed by atoms with Crippen molar-refractivity contribution in [2.75, 3.05) is 0 Å². The Morgan fingerprint density at radius 3 is 1.14 bits per heavy atom. The Balaban J connectivity index is 2.74. The van der Waals surface area contributed by atoms with Crippen LogP contribution in [0.1, 0.15) is 25.0 Å². The highest BCUT2D eigenvalue weighted by Crippen LogP contribution is 2.47. The van der Waals surface area contributed by atoms with Crippen molar-refractivity contribution in [1.29, 1.82) is 0 Å². The van der Waals surface area contributed by atoms with Gasteiger partial charge < -0.3 is 10.2 Å². The molecule has 0 amide bonds. The zero-order valence-electron chi connectivity index (χ0n) is 11.2. The van der Waals surface area contributed by atoms with Gasteiger partial charge in [-0.1, -0.05) is 60.3 Å². The maximum Gasteiger partial charge on any atom is 0.118 e. The highest BCUT2D eigenvalue weighted by atomic mass is 35.5. The van der Waals surface area contributed by atoms with Gasteiger partial charge in [0.1, 0.15) is 11.5 Å². The van der Waals surface area contributed by atoms with Crippen molar-refractivity contribution >= 4 is 46.4 Å². The Bertz CT molecular complexity index is 605. The molecule has 0 bridgehead atoms. The van der Waals surface area contributed by atoms with Gasteiger partial charge in [0.05, 0.1) is 0 Å². The highest BCUT2D eigenvalue weighted by Gasteiger charge is 2.32. The lowest BCUT2D eigenvalue weighted by molar-refractivity contribution is 0.474. The lowest BCUT2D eigenvalue weighted by Crippen LogP contribution is -2.21. The minimum absolute atomic E-state index is 0.0209. The van der Waals surface area contributed by atoms with Crippen LogP contribution in [0.25, 0.3) is 0 Å². The maximum absolute atomic E-state index is 9.55. The number of rotatable bonds is 2. The average Bonchev–Trinajstić information content (AvgIpc) is 2.23. The van der Waals surface area contributed by atoms with Gasteiger partial charge in [0, 0.05) is 25.5 Å². The molecule has 0 fully saturated rings. The van der Waals surface area contributed by atoms with Crippen molar-refractivity contribution < 1.29 is 10.2 Å². The molecule has 2 aromatic rings. The monoisotopic (exact) mass is 364 g/mol. The molecule has 0 heterocycles. The van der Waals surface area contributed by atoms with E-state index in [0.29, 0.717) is 31.2 Å². The van der Waals surface area contributed by atoms with Crippen LogP contribution in [0, 0.1) is 0 Å². The molecule has 0 saturated carbocycles. The Morgan fingerprint density at radius 1 is 0.667 bits per heavy atom. The molecule has 0 aromatic heterocycles. The summed E-state index contributed by atoms with van der Waals surface area (Å²) in [6.45, 7) is 3.72. The molecular formula is C15H12Cl4O2. The fourth-order valence-electron chi connectivity index (χ4n) is 2.44. The molecule has 0 aliphatic heterocycles. The van der Waals surface area contributed by atoms with Crippen molar-refractivity contribution in [2.45, 2.75) is 19.3 Å². The van der Waals surface area contributed by atoms with Crippen molar-refractivity contribution in [3.63, 3.8) is 0 Å². The first-order valence-corrected chi connectivity index (χ1v) is 7.52. The fourth-order valence-corrected chi connectivity index (χ4v) is 4.33. The molecule has 2 N–H and O–H groups in total. The summed E-state index contributed by atoms with van der Waals surface area (Å²) in [7, 11) is 0. The van der Waals surface area contributed by atoms with Crippen LogP contribution >= 0.6 is 46.4 Å².